The standard InChI is InChI=1S/C11H18/c1-8-5-9(2)7-11(4)10(3)6-8/h5-6,10-11H,7H2,1-4H3. The third-order valence-corrected chi connectivity index (χ3v) is 2.54. The summed E-state index contributed by atoms with van der Waals surface area (Å²) in [6, 6.07) is 0. The van der Waals surface area contributed by atoms with Crippen LogP contribution in [0, 0.1) is 11.8 Å². The van der Waals surface area contributed by atoms with Crippen molar-refractivity contribution >= 4 is 0 Å². The first kappa shape index (κ1) is 8.58. The molecule has 0 saturated heterocycles. The number of hydrogen-bond donors (Lipinski definition) is 0. The van der Waals surface area contributed by atoms with E-state index in [4.69, 9.17) is 0 Å². The Labute approximate surface area is 70.0 Å². The van der Waals surface area contributed by atoms with Crippen LogP contribution in [0.15, 0.2) is 23.3 Å². The second-order valence-corrected chi connectivity index (χ2v) is 3.94. The van der Waals surface area contributed by atoms with Crippen molar-refractivity contribution in [3.05, 3.63) is 23.3 Å². The van der Waals surface area contributed by atoms with Gasteiger partial charge in [0.15, 0.2) is 0 Å². The number of hydrogen-bond acceptors (Lipinski definition) is 0. The molecule has 0 aliphatic heterocycles. The van der Waals surface area contributed by atoms with Crippen LogP contribution in [0.3, 0.4) is 0 Å². The van der Waals surface area contributed by atoms with Crippen LogP contribution in [-0.2, 0) is 0 Å². The minimum Gasteiger partial charge on any atom is -0.0785 e. The summed E-state index contributed by atoms with van der Waals surface area (Å²) in [5, 5.41) is 0. The van der Waals surface area contributed by atoms with Crippen LogP contribution in [0.5, 0.6) is 0 Å². The minimum atomic E-state index is 0.740. The van der Waals surface area contributed by atoms with E-state index in [0.717, 1.165) is 11.8 Å². The van der Waals surface area contributed by atoms with E-state index in [1.807, 2.05) is 0 Å². The van der Waals surface area contributed by atoms with Crippen molar-refractivity contribution < 1.29 is 0 Å². The third kappa shape index (κ3) is 2.21. The Morgan fingerprint density at radius 1 is 1.27 bits per heavy atom. The van der Waals surface area contributed by atoms with Crippen molar-refractivity contribution in [1.29, 1.82) is 0 Å². The molecule has 0 aromatic carbocycles. The van der Waals surface area contributed by atoms with Crippen molar-refractivity contribution in [1.82, 2.24) is 0 Å². The van der Waals surface area contributed by atoms with E-state index in [-0.39, 0.29) is 0 Å². The van der Waals surface area contributed by atoms with Gasteiger partial charge in [0.05, 0.1) is 0 Å². The lowest BCUT2D eigenvalue weighted by Crippen LogP contribution is -2.03. The van der Waals surface area contributed by atoms with Crippen molar-refractivity contribution in [3.63, 3.8) is 0 Å². The molecule has 0 radical (unpaired) electrons. The quantitative estimate of drug-likeness (QED) is 0.495. The molecule has 0 aromatic rings. The highest BCUT2D eigenvalue weighted by atomic mass is 14.2. The summed E-state index contributed by atoms with van der Waals surface area (Å²) in [5.41, 5.74) is 2.95. The largest absolute Gasteiger partial charge is 0.0785 e. The molecule has 0 amide bonds. The first-order chi connectivity index (χ1) is 5.09. The second kappa shape index (κ2) is 3.25. The number of rotatable bonds is 0. The highest BCUT2D eigenvalue weighted by Gasteiger charge is 2.12. The van der Waals surface area contributed by atoms with E-state index in [1.54, 1.807) is 0 Å². The lowest BCUT2D eigenvalue weighted by molar-refractivity contribution is 0.459. The van der Waals surface area contributed by atoms with Crippen LogP contribution >= 0.6 is 0 Å². The maximum atomic E-state index is 2.38. The maximum Gasteiger partial charge on any atom is -0.0227 e. The van der Waals surface area contributed by atoms with Gasteiger partial charge in [-0.1, -0.05) is 37.1 Å². The molecular weight excluding hydrogens is 132 g/mol. The maximum absolute atomic E-state index is 2.38. The van der Waals surface area contributed by atoms with Crippen LogP contribution < -0.4 is 0 Å². The predicted octanol–water partition coefficient (Wildman–Crippen LogP) is 3.55. The molecular formula is C11H18. The lowest BCUT2D eigenvalue weighted by atomic mass is 9.91. The zero-order valence-electron chi connectivity index (χ0n) is 8.02. The highest BCUT2D eigenvalue weighted by molar-refractivity contribution is 5.24. The zero-order valence-corrected chi connectivity index (χ0v) is 8.02. The van der Waals surface area contributed by atoms with Crippen molar-refractivity contribution in [3.8, 4) is 0 Å². The molecule has 0 heteroatoms. The summed E-state index contributed by atoms with van der Waals surface area (Å²) >= 11 is 0. The smallest absolute Gasteiger partial charge is 0.0227 e. The first-order valence-electron chi connectivity index (χ1n) is 4.45. The van der Waals surface area contributed by atoms with E-state index in [1.165, 1.54) is 17.6 Å². The minimum absolute atomic E-state index is 0.740. The van der Waals surface area contributed by atoms with Gasteiger partial charge in [0.2, 0.25) is 0 Å². The molecule has 0 fully saturated rings. The topological polar surface area (TPSA) is 0 Å². The Morgan fingerprint density at radius 2 is 1.91 bits per heavy atom. The van der Waals surface area contributed by atoms with Gasteiger partial charge in [-0.05, 0) is 32.1 Å². The van der Waals surface area contributed by atoms with E-state index in [0.29, 0.717) is 0 Å². The van der Waals surface area contributed by atoms with Gasteiger partial charge in [-0.25, -0.2) is 0 Å². The first-order valence-corrected chi connectivity index (χ1v) is 4.45. The Kier molecular flexibility index (Phi) is 2.53. The zero-order chi connectivity index (χ0) is 8.43. The van der Waals surface area contributed by atoms with Crippen LogP contribution in [0.25, 0.3) is 0 Å². The molecule has 0 N–H and O–H groups in total. The van der Waals surface area contributed by atoms with Crippen LogP contribution in [-0.4, -0.2) is 0 Å². The summed E-state index contributed by atoms with van der Waals surface area (Å²) in [6.07, 6.45) is 5.94. The van der Waals surface area contributed by atoms with E-state index in [2.05, 4.69) is 39.8 Å². The highest BCUT2D eigenvalue weighted by Crippen LogP contribution is 2.26. The van der Waals surface area contributed by atoms with E-state index in [9.17, 15) is 0 Å². The molecule has 1 rings (SSSR count). The van der Waals surface area contributed by atoms with Crippen LogP contribution in [0.4, 0.5) is 0 Å². The molecule has 0 heterocycles. The van der Waals surface area contributed by atoms with Crippen LogP contribution in [0.1, 0.15) is 34.1 Å². The van der Waals surface area contributed by atoms with Crippen LogP contribution in [0.2, 0.25) is 0 Å². The van der Waals surface area contributed by atoms with Gasteiger partial charge in [-0.15, -0.1) is 0 Å². The van der Waals surface area contributed by atoms with Gasteiger partial charge < -0.3 is 0 Å². The summed E-state index contributed by atoms with van der Waals surface area (Å²) in [7, 11) is 0. The molecule has 2 unspecified atom stereocenters. The molecule has 2 atom stereocenters. The van der Waals surface area contributed by atoms with Crippen molar-refractivity contribution in [2.75, 3.05) is 0 Å². The van der Waals surface area contributed by atoms with E-state index >= 15 is 0 Å². The van der Waals surface area contributed by atoms with Gasteiger partial charge in [0.1, 0.15) is 0 Å². The Bertz CT molecular complexity index is 196. The fourth-order valence-corrected chi connectivity index (χ4v) is 1.77. The Balaban J connectivity index is 2.82. The van der Waals surface area contributed by atoms with Gasteiger partial charge in [0.25, 0.3) is 0 Å². The summed E-state index contributed by atoms with van der Waals surface area (Å²) < 4.78 is 0. The monoisotopic (exact) mass is 150 g/mol. The summed E-state index contributed by atoms with van der Waals surface area (Å²) in [6.45, 7) is 9.06. The molecule has 11 heavy (non-hydrogen) atoms. The van der Waals surface area contributed by atoms with Gasteiger partial charge in [0, 0.05) is 0 Å². The summed E-state index contributed by atoms with van der Waals surface area (Å²) in [5.74, 6) is 1.55. The molecule has 0 saturated carbocycles. The predicted molar refractivity (Wildman–Crippen MR) is 50.5 cm³/mol. The SMILES string of the molecule is CC1=CC(C)C(C)CC(C)=C1. The Morgan fingerprint density at radius 3 is 2.55 bits per heavy atom. The third-order valence-electron chi connectivity index (χ3n) is 2.54. The van der Waals surface area contributed by atoms with Crippen molar-refractivity contribution in [2.45, 2.75) is 34.1 Å². The van der Waals surface area contributed by atoms with Crippen molar-refractivity contribution in [2.24, 2.45) is 11.8 Å². The van der Waals surface area contributed by atoms with E-state index < -0.39 is 0 Å². The summed E-state index contributed by atoms with van der Waals surface area (Å²) in [4.78, 5) is 0. The second-order valence-electron chi connectivity index (χ2n) is 3.94. The molecule has 1 aliphatic rings. The average molecular weight is 150 g/mol. The fraction of sp³-hybridized carbons (Fsp3) is 0.636. The fourth-order valence-electron chi connectivity index (χ4n) is 1.77. The molecule has 0 aromatic heterocycles. The normalized spacial score (nSPS) is 32.4. The van der Waals surface area contributed by atoms with Gasteiger partial charge in [-0.3, -0.25) is 0 Å². The Hall–Kier alpha value is -0.520. The average Bonchev–Trinajstić information content (AvgIpc) is 1.93. The van der Waals surface area contributed by atoms with Gasteiger partial charge >= 0.3 is 0 Å². The molecule has 0 bridgehead atoms. The van der Waals surface area contributed by atoms with Gasteiger partial charge in [-0.2, -0.15) is 0 Å². The lowest BCUT2D eigenvalue weighted by Gasteiger charge is -2.14. The molecule has 62 valence electrons. The number of allylic oxidation sites excluding steroid dienone is 4. The molecule has 0 spiro atoms. The molecule has 1 aliphatic carbocycles. The molecule has 0 nitrogen and oxygen atoms in total.